The first kappa shape index (κ1) is 17.7. The molecule has 2 aromatic carbocycles. The number of Topliss-reactive ketones (excluding diaryl/α,β-unsaturated/α-hetero) is 1. The lowest BCUT2D eigenvalue weighted by Gasteiger charge is -2.26. The minimum absolute atomic E-state index is 0.0151. The quantitative estimate of drug-likeness (QED) is 0.823. The highest BCUT2D eigenvalue weighted by Crippen LogP contribution is 2.23. The molecule has 24 heavy (non-hydrogen) atoms. The first-order chi connectivity index (χ1) is 11.4. The van der Waals surface area contributed by atoms with Crippen molar-refractivity contribution >= 4 is 11.5 Å². The molecule has 1 N–H and O–H groups in total. The summed E-state index contributed by atoms with van der Waals surface area (Å²) in [7, 11) is 4.06. The largest absolute Gasteiger partial charge is 0.382 e. The van der Waals surface area contributed by atoms with Gasteiger partial charge in [-0.25, -0.2) is 0 Å². The van der Waals surface area contributed by atoms with Gasteiger partial charge in [0.15, 0.2) is 5.78 Å². The summed E-state index contributed by atoms with van der Waals surface area (Å²) in [4.78, 5) is 14.0. The van der Waals surface area contributed by atoms with E-state index < -0.39 is 0 Å². The number of carbonyl (C=O) groups is 1. The zero-order valence-electron chi connectivity index (χ0n) is 14.6. The summed E-state index contributed by atoms with van der Waals surface area (Å²) in [6.45, 7) is 4.25. The predicted molar refractivity (Wildman–Crippen MR) is 97.3 cm³/mol. The number of carbonyl (C=O) groups excluding carboxylic acids is 1. The molecule has 0 saturated heterocycles. The number of hydrogen-bond acceptors (Lipinski definition) is 4. The number of aryl methyl sites for hydroxylation is 1. The van der Waals surface area contributed by atoms with Crippen LogP contribution in [0.2, 0.25) is 0 Å². The van der Waals surface area contributed by atoms with Crippen LogP contribution >= 0.6 is 0 Å². The molecular weight excluding hydrogens is 298 g/mol. The Morgan fingerprint density at radius 2 is 1.88 bits per heavy atom. The van der Waals surface area contributed by atoms with Crippen molar-refractivity contribution in [3.8, 4) is 6.07 Å². The highest BCUT2D eigenvalue weighted by molar-refractivity contribution is 5.99. The summed E-state index contributed by atoms with van der Waals surface area (Å²) in [5.74, 6) is -0.0151. The lowest BCUT2D eigenvalue weighted by molar-refractivity contribution is 0.101. The predicted octanol–water partition coefficient (Wildman–Crippen LogP) is 3.78. The number of nitrogens with zero attached hydrogens (tertiary/aromatic N) is 2. The van der Waals surface area contributed by atoms with Crippen LogP contribution in [-0.2, 0) is 0 Å². The molecule has 0 aliphatic heterocycles. The van der Waals surface area contributed by atoms with Crippen LogP contribution in [0.4, 0.5) is 5.69 Å². The maximum atomic E-state index is 11.8. The van der Waals surface area contributed by atoms with E-state index in [1.165, 1.54) is 18.1 Å². The number of rotatable bonds is 6. The van der Waals surface area contributed by atoms with E-state index in [9.17, 15) is 4.79 Å². The fourth-order valence-electron chi connectivity index (χ4n) is 2.66. The number of hydrogen-bond donors (Lipinski definition) is 1. The molecule has 1 atom stereocenters. The van der Waals surface area contributed by atoms with Crippen molar-refractivity contribution in [2.45, 2.75) is 19.9 Å². The summed E-state index contributed by atoms with van der Waals surface area (Å²) in [6, 6.07) is 15.8. The SMILES string of the molecule is CC(=O)c1ccc(C#N)cc1NCC(c1ccc(C)cc1)N(C)C. The van der Waals surface area contributed by atoms with Crippen molar-refractivity contribution in [3.63, 3.8) is 0 Å². The van der Waals surface area contributed by atoms with Gasteiger partial charge in [-0.2, -0.15) is 5.26 Å². The molecule has 0 spiro atoms. The van der Waals surface area contributed by atoms with Crippen LogP contribution < -0.4 is 5.32 Å². The fraction of sp³-hybridized carbons (Fsp3) is 0.300. The van der Waals surface area contributed by atoms with E-state index in [-0.39, 0.29) is 11.8 Å². The van der Waals surface area contributed by atoms with E-state index in [0.717, 1.165) is 0 Å². The maximum absolute atomic E-state index is 11.8. The second-order valence-corrected chi connectivity index (χ2v) is 6.20. The summed E-state index contributed by atoms with van der Waals surface area (Å²) in [6.07, 6.45) is 0. The van der Waals surface area contributed by atoms with Crippen molar-refractivity contribution in [1.29, 1.82) is 5.26 Å². The van der Waals surface area contributed by atoms with Crippen LogP contribution in [0.5, 0.6) is 0 Å². The topological polar surface area (TPSA) is 56.1 Å². The van der Waals surface area contributed by atoms with E-state index in [1.54, 1.807) is 18.2 Å². The molecule has 124 valence electrons. The number of nitrogens with one attached hydrogen (secondary N) is 1. The second kappa shape index (κ2) is 7.76. The van der Waals surface area contributed by atoms with E-state index in [2.05, 4.69) is 47.5 Å². The number of likely N-dealkylation sites (N-methyl/N-ethyl adjacent to an activating group) is 1. The zero-order valence-corrected chi connectivity index (χ0v) is 14.6. The summed E-state index contributed by atoms with van der Waals surface area (Å²) >= 11 is 0. The number of nitriles is 1. The highest BCUT2D eigenvalue weighted by Gasteiger charge is 2.15. The average Bonchev–Trinajstić information content (AvgIpc) is 2.56. The van der Waals surface area contributed by atoms with Gasteiger partial charge in [0, 0.05) is 17.8 Å². The Morgan fingerprint density at radius 1 is 1.21 bits per heavy atom. The minimum atomic E-state index is -0.0151. The van der Waals surface area contributed by atoms with Crippen LogP contribution in [-0.4, -0.2) is 31.3 Å². The van der Waals surface area contributed by atoms with Crippen molar-refractivity contribution in [2.75, 3.05) is 26.0 Å². The molecule has 0 aromatic heterocycles. The monoisotopic (exact) mass is 321 g/mol. The molecule has 0 amide bonds. The molecule has 4 nitrogen and oxygen atoms in total. The molecule has 4 heteroatoms. The highest BCUT2D eigenvalue weighted by atomic mass is 16.1. The van der Waals surface area contributed by atoms with Gasteiger partial charge in [-0.3, -0.25) is 4.79 Å². The van der Waals surface area contributed by atoms with Gasteiger partial charge in [0.25, 0.3) is 0 Å². The van der Waals surface area contributed by atoms with Gasteiger partial charge in [-0.05, 0) is 51.7 Å². The minimum Gasteiger partial charge on any atom is -0.382 e. The first-order valence-electron chi connectivity index (χ1n) is 7.94. The molecule has 0 heterocycles. The second-order valence-electron chi connectivity index (χ2n) is 6.20. The van der Waals surface area contributed by atoms with Gasteiger partial charge in [0.2, 0.25) is 0 Å². The van der Waals surface area contributed by atoms with Crippen LogP contribution in [0.1, 0.15) is 40.0 Å². The molecule has 0 bridgehead atoms. The van der Waals surface area contributed by atoms with Crippen LogP contribution in [0, 0.1) is 18.3 Å². The Morgan fingerprint density at radius 3 is 2.42 bits per heavy atom. The Labute approximate surface area is 143 Å². The summed E-state index contributed by atoms with van der Waals surface area (Å²) < 4.78 is 0. The lowest BCUT2D eigenvalue weighted by Crippen LogP contribution is -2.27. The Hall–Kier alpha value is -2.64. The van der Waals surface area contributed by atoms with Crippen LogP contribution in [0.15, 0.2) is 42.5 Å². The molecule has 2 aromatic rings. The van der Waals surface area contributed by atoms with Gasteiger partial charge >= 0.3 is 0 Å². The Balaban J connectivity index is 2.25. The molecule has 2 rings (SSSR count). The zero-order chi connectivity index (χ0) is 17.7. The third kappa shape index (κ3) is 4.21. The van der Waals surface area contributed by atoms with Crippen molar-refractivity contribution < 1.29 is 4.79 Å². The molecule has 0 aliphatic rings. The van der Waals surface area contributed by atoms with Gasteiger partial charge in [-0.1, -0.05) is 29.8 Å². The molecule has 0 radical (unpaired) electrons. The average molecular weight is 321 g/mol. The Kier molecular flexibility index (Phi) is 5.73. The van der Waals surface area contributed by atoms with Gasteiger partial charge < -0.3 is 10.2 Å². The van der Waals surface area contributed by atoms with Gasteiger partial charge in [-0.15, -0.1) is 0 Å². The van der Waals surface area contributed by atoms with E-state index in [4.69, 9.17) is 5.26 Å². The molecule has 0 aliphatic carbocycles. The standard InChI is InChI=1S/C20H23N3O/c1-14-5-8-17(9-6-14)20(23(3)4)13-22-19-11-16(12-21)7-10-18(19)15(2)24/h5-11,20,22H,13H2,1-4H3. The van der Waals surface area contributed by atoms with Gasteiger partial charge in [0.1, 0.15) is 0 Å². The lowest BCUT2D eigenvalue weighted by atomic mass is 10.0. The normalized spacial score (nSPS) is 11.8. The number of benzene rings is 2. The molecular formula is C20H23N3O. The number of anilines is 1. The molecule has 0 saturated carbocycles. The third-order valence-electron chi connectivity index (χ3n) is 4.10. The van der Waals surface area contributed by atoms with E-state index >= 15 is 0 Å². The van der Waals surface area contributed by atoms with E-state index in [0.29, 0.717) is 23.4 Å². The van der Waals surface area contributed by atoms with Crippen LogP contribution in [0.25, 0.3) is 0 Å². The van der Waals surface area contributed by atoms with Crippen molar-refractivity contribution in [3.05, 3.63) is 64.7 Å². The summed E-state index contributed by atoms with van der Waals surface area (Å²) in [5.41, 5.74) is 4.29. The smallest absolute Gasteiger partial charge is 0.161 e. The number of ketones is 1. The van der Waals surface area contributed by atoms with E-state index in [1.807, 2.05) is 14.1 Å². The fourth-order valence-corrected chi connectivity index (χ4v) is 2.66. The molecule has 1 unspecified atom stereocenters. The van der Waals surface area contributed by atoms with Crippen molar-refractivity contribution in [1.82, 2.24) is 4.90 Å². The third-order valence-corrected chi connectivity index (χ3v) is 4.10. The maximum Gasteiger partial charge on any atom is 0.161 e. The first-order valence-corrected chi connectivity index (χ1v) is 7.94. The van der Waals surface area contributed by atoms with Gasteiger partial charge in [0.05, 0.1) is 17.7 Å². The van der Waals surface area contributed by atoms with Crippen LogP contribution in [0.3, 0.4) is 0 Å². The Bertz CT molecular complexity index is 757. The van der Waals surface area contributed by atoms with Crippen molar-refractivity contribution in [2.24, 2.45) is 0 Å². The summed E-state index contributed by atoms with van der Waals surface area (Å²) in [5, 5.41) is 12.4. The molecule has 0 fully saturated rings.